The van der Waals surface area contributed by atoms with Gasteiger partial charge in [-0.25, -0.2) is 0 Å². The fourth-order valence-electron chi connectivity index (χ4n) is 1.98. The molecule has 124 valence electrons. The van der Waals surface area contributed by atoms with Crippen LogP contribution < -0.4 is 10.1 Å². The molecule has 2 aromatic carbocycles. The number of anilines is 1. The fourth-order valence-corrected chi connectivity index (χ4v) is 1.98. The Kier molecular flexibility index (Phi) is 6.08. The number of carbonyl (C=O) groups excluding carboxylic acids is 1. The summed E-state index contributed by atoms with van der Waals surface area (Å²) in [5.74, 6) is 0.342. The summed E-state index contributed by atoms with van der Waals surface area (Å²) in [6, 6.07) is 13.3. The molecule has 2 rings (SSSR count). The Hall–Kier alpha value is -3.15. The van der Waals surface area contributed by atoms with Crippen molar-refractivity contribution in [3.05, 3.63) is 70.3 Å². The van der Waals surface area contributed by atoms with Gasteiger partial charge in [0.2, 0.25) is 5.91 Å². The second-order valence-corrected chi connectivity index (χ2v) is 5.01. The van der Waals surface area contributed by atoms with E-state index in [4.69, 9.17) is 4.74 Å². The van der Waals surface area contributed by atoms with Gasteiger partial charge >= 0.3 is 0 Å². The van der Waals surface area contributed by atoms with E-state index in [1.807, 2.05) is 31.2 Å². The first-order chi connectivity index (χ1) is 11.6. The van der Waals surface area contributed by atoms with Gasteiger partial charge in [0.05, 0.1) is 11.5 Å². The van der Waals surface area contributed by atoms with Crippen LogP contribution in [0.4, 0.5) is 11.4 Å². The summed E-state index contributed by atoms with van der Waals surface area (Å²) in [5, 5.41) is 13.4. The SMILES string of the molecule is CCCOc1ccc(C=CC(=O)Nc2ccccc2[N+](=O)[O-])cc1. The summed E-state index contributed by atoms with van der Waals surface area (Å²) in [7, 11) is 0. The lowest BCUT2D eigenvalue weighted by Gasteiger charge is -2.04. The van der Waals surface area contributed by atoms with E-state index in [1.165, 1.54) is 18.2 Å². The molecule has 0 bridgehead atoms. The van der Waals surface area contributed by atoms with Crippen LogP contribution in [0.15, 0.2) is 54.6 Å². The van der Waals surface area contributed by atoms with Crippen LogP contribution in [0.2, 0.25) is 0 Å². The van der Waals surface area contributed by atoms with Crippen molar-refractivity contribution in [2.24, 2.45) is 0 Å². The Morgan fingerprint density at radius 2 is 1.92 bits per heavy atom. The van der Waals surface area contributed by atoms with Crippen molar-refractivity contribution in [2.75, 3.05) is 11.9 Å². The number of hydrogen-bond acceptors (Lipinski definition) is 4. The van der Waals surface area contributed by atoms with Gasteiger partial charge in [0, 0.05) is 12.1 Å². The standard InChI is InChI=1S/C18H18N2O4/c1-2-13-24-15-10-7-14(8-11-15)9-12-18(21)19-16-5-3-4-6-17(16)20(22)23/h3-12H,2,13H2,1H3,(H,19,21). The number of benzene rings is 2. The van der Waals surface area contributed by atoms with E-state index in [0.717, 1.165) is 17.7 Å². The molecule has 1 amide bonds. The van der Waals surface area contributed by atoms with Gasteiger partial charge in [0.15, 0.2) is 0 Å². The van der Waals surface area contributed by atoms with Crippen molar-refractivity contribution in [2.45, 2.75) is 13.3 Å². The first-order valence-electron chi connectivity index (χ1n) is 7.55. The average molecular weight is 326 g/mol. The van der Waals surface area contributed by atoms with E-state index in [9.17, 15) is 14.9 Å². The summed E-state index contributed by atoms with van der Waals surface area (Å²) in [6.45, 7) is 2.69. The molecule has 0 atom stereocenters. The molecule has 0 aromatic heterocycles. The van der Waals surface area contributed by atoms with Crippen LogP contribution in [-0.4, -0.2) is 17.4 Å². The van der Waals surface area contributed by atoms with Crippen molar-refractivity contribution in [1.29, 1.82) is 0 Å². The average Bonchev–Trinajstić information content (AvgIpc) is 2.59. The van der Waals surface area contributed by atoms with Gasteiger partial charge in [-0.3, -0.25) is 14.9 Å². The second kappa shape index (κ2) is 8.47. The number of nitrogens with one attached hydrogen (secondary N) is 1. The van der Waals surface area contributed by atoms with Gasteiger partial charge in [-0.15, -0.1) is 0 Å². The first kappa shape index (κ1) is 17.2. The van der Waals surface area contributed by atoms with E-state index in [1.54, 1.807) is 18.2 Å². The predicted octanol–water partition coefficient (Wildman–Crippen LogP) is 4.04. The van der Waals surface area contributed by atoms with Gasteiger partial charge < -0.3 is 10.1 Å². The van der Waals surface area contributed by atoms with Crippen molar-refractivity contribution < 1.29 is 14.5 Å². The molecule has 0 heterocycles. The number of rotatable bonds is 7. The molecule has 0 fully saturated rings. The molecule has 0 aliphatic heterocycles. The normalized spacial score (nSPS) is 10.5. The van der Waals surface area contributed by atoms with Crippen LogP contribution in [0.5, 0.6) is 5.75 Å². The van der Waals surface area contributed by atoms with Crippen molar-refractivity contribution in [1.82, 2.24) is 0 Å². The largest absolute Gasteiger partial charge is 0.494 e. The minimum atomic E-state index is -0.533. The Bertz CT molecular complexity index is 739. The molecule has 0 saturated heterocycles. The molecule has 6 heteroatoms. The highest BCUT2D eigenvalue weighted by Crippen LogP contribution is 2.23. The number of nitrogens with zero attached hydrogens (tertiary/aromatic N) is 1. The zero-order valence-electron chi connectivity index (χ0n) is 13.3. The maximum atomic E-state index is 11.9. The van der Waals surface area contributed by atoms with Crippen LogP contribution in [-0.2, 0) is 4.79 Å². The highest BCUT2D eigenvalue weighted by Gasteiger charge is 2.13. The molecule has 24 heavy (non-hydrogen) atoms. The number of nitro benzene ring substituents is 1. The van der Waals surface area contributed by atoms with Crippen molar-refractivity contribution in [3.63, 3.8) is 0 Å². The van der Waals surface area contributed by atoms with Crippen molar-refractivity contribution >= 4 is 23.4 Å². The number of ether oxygens (including phenoxy) is 1. The Morgan fingerprint density at radius 1 is 1.21 bits per heavy atom. The zero-order valence-corrected chi connectivity index (χ0v) is 13.3. The van der Waals surface area contributed by atoms with Gasteiger partial charge in [-0.05, 0) is 36.3 Å². The molecule has 0 radical (unpaired) electrons. The lowest BCUT2D eigenvalue weighted by atomic mass is 10.2. The summed E-state index contributed by atoms with van der Waals surface area (Å²) >= 11 is 0. The number of hydrogen-bond donors (Lipinski definition) is 1. The highest BCUT2D eigenvalue weighted by molar-refractivity contribution is 6.03. The van der Waals surface area contributed by atoms with Gasteiger partial charge in [0.25, 0.3) is 5.69 Å². The number of amides is 1. The third-order valence-corrected chi connectivity index (χ3v) is 3.14. The smallest absolute Gasteiger partial charge is 0.292 e. The molecule has 1 N–H and O–H groups in total. The molecule has 6 nitrogen and oxygen atoms in total. The maximum absolute atomic E-state index is 11.9. The minimum absolute atomic E-state index is 0.142. The number of nitro groups is 1. The third-order valence-electron chi connectivity index (χ3n) is 3.14. The quantitative estimate of drug-likeness (QED) is 0.473. The highest BCUT2D eigenvalue weighted by atomic mass is 16.6. The van der Waals surface area contributed by atoms with Crippen molar-refractivity contribution in [3.8, 4) is 5.75 Å². The molecule has 0 saturated carbocycles. The number of para-hydroxylation sites is 2. The van der Waals surface area contributed by atoms with E-state index >= 15 is 0 Å². The monoisotopic (exact) mass is 326 g/mol. The fraction of sp³-hybridized carbons (Fsp3) is 0.167. The van der Waals surface area contributed by atoms with Gasteiger partial charge in [0.1, 0.15) is 11.4 Å². The molecule has 0 unspecified atom stereocenters. The summed E-state index contributed by atoms with van der Waals surface area (Å²) in [4.78, 5) is 22.3. The Morgan fingerprint density at radius 3 is 2.58 bits per heavy atom. The number of carbonyl (C=O) groups is 1. The predicted molar refractivity (Wildman–Crippen MR) is 93.0 cm³/mol. The first-order valence-corrected chi connectivity index (χ1v) is 7.55. The molecule has 0 aliphatic carbocycles. The topological polar surface area (TPSA) is 81.5 Å². The third kappa shape index (κ3) is 4.95. The van der Waals surface area contributed by atoms with Gasteiger partial charge in [-0.1, -0.05) is 31.2 Å². The van der Waals surface area contributed by atoms with E-state index in [2.05, 4.69) is 5.32 Å². The van der Waals surface area contributed by atoms with E-state index in [0.29, 0.717) is 6.61 Å². The molecular formula is C18H18N2O4. The maximum Gasteiger partial charge on any atom is 0.292 e. The minimum Gasteiger partial charge on any atom is -0.494 e. The van der Waals surface area contributed by atoms with E-state index < -0.39 is 10.8 Å². The summed E-state index contributed by atoms with van der Waals surface area (Å²) < 4.78 is 5.48. The molecule has 0 aliphatic rings. The lowest BCUT2D eigenvalue weighted by Crippen LogP contribution is -2.09. The zero-order chi connectivity index (χ0) is 17.4. The van der Waals surface area contributed by atoms with Crippen LogP contribution >= 0.6 is 0 Å². The lowest BCUT2D eigenvalue weighted by molar-refractivity contribution is -0.383. The molecular weight excluding hydrogens is 308 g/mol. The molecule has 2 aromatic rings. The van der Waals surface area contributed by atoms with Crippen LogP contribution in [0, 0.1) is 10.1 Å². The van der Waals surface area contributed by atoms with Crippen LogP contribution in [0.1, 0.15) is 18.9 Å². The summed E-state index contributed by atoms with van der Waals surface area (Å²) in [5.41, 5.74) is 0.855. The van der Waals surface area contributed by atoms with E-state index in [-0.39, 0.29) is 11.4 Å². The van der Waals surface area contributed by atoms with Crippen LogP contribution in [0.25, 0.3) is 6.08 Å². The van der Waals surface area contributed by atoms with Gasteiger partial charge in [-0.2, -0.15) is 0 Å². The Labute approximate surface area is 139 Å². The molecule has 0 spiro atoms. The Balaban J connectivity index is 1.99. The second-order valence-electron chi connectivity index (χ2n) is 5.01. The summed E-state index contributed by atoms with van der Waals surface area (Å²) in [6.07, 6.45) is 3.90. The van der Waals surface area contributed by atoms with Crippen LogP contribution in [0.3, 0.4) is 0 Å².